The number of hydrogen-bond donors (Lipinski definition) is 0. The van der Waals surface area contributed by atoms with Crippen LogP contribution in [0.3, 0.4) is 0 Å². The Morgan fingerprint density at radius 1 is 1.33 bits per heavy atom. The van der Waals surface area contributed by atoms with Gasteiger partial charge in [0.05, 0.1) is 0 Å². The van der Waals surface area contributed by atoms with Gasteiger partial charge in [0.25, 0.3) is 0 Å². The standard InChI is InChI=1S/C4H10O3P.Y/c1-4-8(5,6-2)7-3;/h4H,1-3H3;/q-1;. The van der Waals surface area contributed by atoms with Crippen molar-refractivity contribution in [1.29, 1.82) is 0 Å². The van der Waals surface area contributed by atoms with E-state index in [-0.39, 0.29) is 32.7 Å². The van der Waals surface area contributed by atoms with Crippen molar-refractivity contribution in [1.82, 2.24) is 0 Å². The second-order valence-electron chi connectivity index (χ2n) is 1.16. The van der Waals surface area contributed by atoms with Crippen LogP contribution in [0.1, 0.15) is 6.92 Å². The Bertz CT molecular complexity index is 87.0. The Balaban J connectivity index is 0. The van der Waals surface area contributed by atoms with E-state index >= 15 is 0 Å². The third kappa shape index (κ3) is 4.63. The van der Waals surface area contributed by atoms with E-state index in [0.717, 1.165) is 0 Å². The summed E-state index contributed by atoms with van der Waals surface area (Å²) in [6.07, 6.45) is 1.41. The van der Waals surface area contributed by atoms with Crippen LogP contribution in [-0.2, 0) is 46.3 Å². The van der Waals surface area contributed by atoms with Gasteiger partial charge in [0.1, 0.15) is 0 Å². The van der Waals surface area contributed by atoms with Gasteiger partial charge in [-0.3, -0.25) is 4.57 Å². The maximum absolute atomic E-state index is 10.8. The molecule has 0 spiro atoms. The normalized spacial score (nSPS) is 10.6. The van der Waals surface area contributed by atoms with Gasteiger partial charge in [-0.05, 0) is 0 Å². The van der Waals surface area contributed by atoms with E-state index in [2.05, 4.69) is 9.05 Å². The summed E-state index contributed by atoms with van der Waals surface area (Å²) in [7, 11) is -0.0841. The molecule has 0 atom stereocenters. The van der Waals surface area contributed by atoms with Gasteiger partial charge in [-0.15, -0.1) is 0 Å². The van der Waals surface area contributed by atoms with Gasteiger partial charge in [0.15, 0.2) is 7.60 Å². The van der Waals surface area contributed by atoms with Crippen LogP contribution in [0.2, 0.25) is 0 Å². The van der Waals surface area contributed by atoms with Crippen molar-refractivity contribution in [3.63, 3.8) is 0 Å². The molecule has 0 bridgehead atoms. The van der Waals surface area contributed by atoms with Gasteiger partial charge >= 0.3 is 0 Å². The fourth-order valence-corrected chi connectivity index (χ4v) is 0.856. The van der Waals surface area contributed by atoms with Crippen LogP contribution < -0.4 is 0 Å². The van der Waals surface area contributed by atoms with Gasteiger partial charge in [-0.1, -0.05) is 0 Å². The molecule has 0 fully saturated rings. The quantitative estimate of drug-likeness (QED) is 0.542. The zero-order valence-corrected chi connectivity index (χ0v) is 9.56. The van der Waals surface area contributed by atoms with Crippen LogP contribution in [-0.4, -0.2) is 14.2 Å². The second kappa shape index (κ2) is 6.00. The Morgan fingerprint density at radius 3 is 1.67 bits per heavy atom. The first-order valence-electron chi connectivity index (χ1n) is 2.20. The predicted octanol–water partition coefficient (Wildman–Crippen LogP) is 1.65. The van der Waals surface area contributed by atoms with Crippen LogP contribution in [0, 0.1) is 6.16 Å². The first kappa shape index (κ1) is 12.9. The molecule has 0 unspecified atom stereocenters. The smallest absolute Gasteiger partial charge is 0.186 e. The molecule has 0 aliphatic rings. The minimum atomic E-state index is -2.79. The van der Waals surface area contributed by atoms with E-state index in [9.17, 15) is 4.57 Å². The molecular weight excluding hydrogens is 216 g/mol. The zero-order valence-electron chi connectivity index (χ0n) is 5.83. The fourth-order valence-electron chi connectivity index (χ4n) is 0.285. The molecule has 0 aliphatic carbocycles. The Hall–Kier alpha value is 1.25. The van der Waals surface area contributed by atoms with Gasteiger partial charge in [0, 0.05) is 46.9 Å². The molecule has 0 aliphatic heterocycles. The molecule has 0 rings (SSSR count). The predicted molar refractivity (Wildman–Crippen MR) is 31.6 cm³/mol. The van der Waals surface area contributed by atoms with Crippen molar-refractivity contribution in [2.75, 3.05) is 14.2 Å². The molecule has 0 saturated heterocycles. The Labute approximate surface area is 80.9 Å². The molecule has 9 heavy (non-hydrogen) atoms. The molecule has 0 heterocycles. The molecule has 0 aromatic heterocycles. The van der Waals surface area contributed by atoms with E-state index in [1.165, 1.54) is 20.4 Å². The third-order valence-corrected chi connectivity index (χ3v) is 2.48. The first-order valence-corrected chi connectivity index (χ1v) is 3.81. The summed E-state index contributed by atoms with van der Waals surface area (Å²) in [6, 6.07) is 0. The molecule has 0 N–H and O–H groups in total. The molecule has 1 radical (unpaired) electrons. The molecule has 0 aromatic rings. The molecule has 0 amide bonds. The summed E-state index contributed by atoms with van der Waals surface area (Å²) in [5.41, 5.74) is 0. The van der Waals surface area contributed by atoms with Crippen LogP contribution >= 0.6 is 7.60 Å². The maximum atomic E-state index is 10.8. The fraction of sp³-hybridized carbons (Fsp3) is 0.750. The van der Waals surface area contributed by atoms with Crippen LogP contribution in [0.25, 0.3) is 0 Å². The van der Waals surface area contributed by atoms with Crippen molar-refractivity contribution in [2.24, 2.45) is 0 Å². The first-order chi connectivity index (χ1) is 3.68. The average Bonchev–Trinajstić information content (AvgIpc) is 1.87. The summed E-state index contributed by atoms with van der Waals surface area (Å²) in [5.74, 6) is 0. The number of rotatable bonds is 3. The molecule has 0 aromatic carbocycles. The van der Waals surface area contributed by atoms with Gasteiger partial charge in [-0.25, -0.2) is 6.16 Å². The maximum Gasteiger partial charge on any atom is 0.186 e. The minimum Gasteiger partial charge on any atom is -0.334 e. The van der Waals surface area contributed by atoms with Gasteiger partial charge in [-0.2, -0.15) is 6.92 Å². The second-order valence-corrected chi connectivity index (χ2v) is 3.49. The average molecular weight is 226 g/mol. The van der Waals surface area contributed by atoms with E-state index < -0.39 is 7.60 Å². The molecule has 53 valence electrons. The summed E-state index contributed by atoms with van der Waals surface area (Å²) >= 11 is 0. The SMILES string of the molecule is C[CH-]P(=O)(OC)OC.[Y]. The van der Waals surface area contributed by atoms with Crippen LogP contribution in [0.4, 0.5) is 0 Å². The Morgan fingerprint density at radius 2 is 1.67 bits per heavy atom. The minimum absolute atomic E-state index is 0. The Kier molecular flexibility index (Phi) is 8.59. The molecule has 5 heteroatoms. The monoisotopic (exact) mass is 226 g/mol. The topological polar surface area (TPSA) is 35.5 Å². The van der Waals surface area contributed by atoms with E-state index in [0.29, 0.717) is 0 Å². The largest absolute Gasteiger partial charge is 0.334 e. The summed E-state index contributed by atoms with van der Waals surface area (Å²) in [4.78, 5) is 0. The summed E-state index contributed by atoms with van der Waals surface area (Å²) in [5, 5.41) is 0. The van der Waals surface area contributed by atoms with E-state index in [1.807, 2.05) is 0 Å². The van der Waals surface area contributed by atoms with Crippen LogP contribution in [0.15, 0.2) is 0 Å². The molecule has 3 nitrogen and oxygen atoms in total. The van der Waals surface area contributed by atoms with Crippen molar-refractivity contribution >= 4 is 7.60 Å². The van der Waals surface area contributed by atoms with Crippen LogP contribution in [0.5, 0.6) is 0 Å². The van der Waals surface area contributed by atoms with Gasteiger partial charge in [0.2, 0.25) is 0 Å². The van der Waals surface area contributed by atoms with E-state index in [4.69, 9.17) is 0 Å². The van der Waals surface area contributed by atoms with Crippen molar-refractivity contribution in [3.8, 4) is 0 Å². The van der Waals surface area contributed by atoms with Crippen molar-refractivity contribution in [3.05, 3.63) is 6.16 Å². The van der Waals surface area contributed by atoms with E-state index in [1.54, 1.807) is 6.92 Å². The van der Waals surface area contributed by atoms with Gasteiger partial charge < -0.3 is 9.05 Å². The summed E-state index contributed by atoms with van der Waals surface area (Å²) < 4.78 is 19.8. The summed E-state index contributed by atoms with van der Waals surface area (Å²) in [6.45, 7) is 1.63. The van der Waals surface area contributed by atoms with Crippen molar-refractivity contribution in [2.45, 2.75) is 6.92 Å². The molecular formula is C4H10O3PY-. The van der Waals surface area contributed by atoms with Crippen molar-refractivity contribution < 1.29 is 46.3 Å². The third-order valence-electron chi connectivity index (χ3n) is 0.825. The number of hydrogen-bond acceptors (Lipinski definition) is 3. The molecule has 0 saturated carbocycles. The zero-order chi connectivity index (χ0) is 6.62.